The van der Waals surface area contributed by atoms with Crippen LogP contribution in [0.15, 0.2) is 47.8 Å². The van der Waals surface area contributed by atoms with E-state index in [1.807, 2.05) is 46.2 Å². The van der Waals surface area contributed by atoms with E-state index in [4.69, 9.17) is 4.74 Å². The highest BCUT2D eigenvalue weighted by molar-refractivity contribution is 7.10. The molecule has 0 N–H and O–H groups in total. The lowest BCUT2D eigenvalue weighted by Crippen LogP contribution is -2.41. The number of carbonyl (C=O) groups is 2. The van der Waals surface area contributed by atoms with Gasteiger partial charge in [-0.2, -0.15) is 0 Å². The number of likely N-dealkylation sites (tertiary alicyclic amines) is 1. The van der Waals surface area contributed by atoms with E-state index in [2.05, 4.69) is 11.4 Å². The lowest BCUT2D eigenvalue weighted by Gasteiger charge is -2.28. The Kier molecular flexibility index (Phi) is 7.01. The van der Waals surface area contributed by atoms with Gasteiger partial charge in [0.1, 0.15) is 0 Å². The Bertz CT molecular complexity index is 733. The van der Waals surface area contributed by atoms with E-state index in [9.17, 15) is 9.59 Å². The Balaban J connectivity index is 1.68. The summed E-state index contributed by atoms with van der Waals surface area (Å²) in [5.74, 6) is -0.219. The van der Waals surface area contributed by atoms with Crippen LogP contribution in [0.3, 0.4) is 0 Å². The van der Waals surface area contributed by atoms with E-state index in [1.54, 1.807) is 18.3 Å². The van der Waals surface area contributed by atoms with Crippen molar-refractivity contribution in [3.63, 3.8) is 0 Å². The number of thiophene rings is 1. The first kappa shape index (κ1) is 19.6. The Morgan fingerprint density at radius 1 is 1.19 bits per heavy atom. The highest BCUT2D eigenvalue weighted by atomic mass is 32.1. The lowest BCUT2D eigenvalue weighted by atomic mass is 10.2. The smallest absolute Gasteiger partial charge is 0.320 e. The third kappa shape index (κ3) is 5.40. The minimum absolute atomic E-state index is 0.0751. The summed E-state index contributed by atoms with van der Waals surface area (Å²) in [7, 11) is 0. The molecule has 1 fully saturated rings. The van der Waals surface area contributed by atoms with Crippen LogP contribution in [0.1, 0.15) is 36.2 Å². The summed E-state index contributed by atoms with van der Waals surface area (Å²) in [4.78, 5) is 30.1. The van der Waals surface area contributed by atoms with Crippen LogP contribution in [0.4, 0.5) is 0 Å². The molecule has 5 nitrogen and oxygen atoms in total. The largest absolute Gasteiger partial charge is 0.465 e. The number of nitrogens with zero attached hydrogens (tertiary/aromatic N) is 2. The van der Waals surface area contributed by atoms with Gasteiger partial charge in [-0.1, -0.05) is 36.4 Å². The van der Waals surface area contributed by atoms with Gasteiger partial charge in [0.05, 0.1) is 25.7 Å². The van der Waals surface area contributed by atoms with Gasteiger partial charge in [0, 0.05) is 18.0 Å². The van der Waals surface area contributed by atoms with Crippen LogP contribution in [0, 0.1) is 0 Å². The lowest BCUT2D eigenvalue weighted by molar-refractivity contribution is -0.145. The maximum atomic E-state index is 13.0. The number of ether oxygens (including phenoxy) is 1. The standard InChI is InChI=1S/C21H26N2O3S/c1-2-26-21(25)16-22(14-17-8-4-3-5-9-17)15-20(24)23-12-6-10-18(23)19-11-7-13-27-19/h3-5,7-9,11,13,18H,2,6,10,12,14-16H2,1H3. The van der Waals surface area contributed by atoms with Gasteiger partial charge in [0.2, 0.25) is 5.91 Å². The van der Waals surface area contributed by atoms with Gasteiger partial charge >= 0.3 is 5.97 Å². The number of benzene rings is 1. The zero-order valence-electron chi connectivity index (χ0n) is 15.7. The number of rotatable bonds is 8. The average molecular weight is 387 g/mol. The van der Waals surface area contributed by atoms with E-state index in [-0.39, 0.29) is 31.0 Å². The number of carbonyl (C=O) groups excluding carboxylic acids is 2. The van der Waals surface area contributed by atoms with Crippen molar-refractivity contribution in [1.29, 1.82) is 0 Å². The number of esters is 1. The molecular weight excluding hydrogens is 360 g/mol. The SMILES string of the molecule is CCOC(=O)CN(CC(=O)N1CCCC1c1cccs1)Cc1ccccc1. The summed E-state index contributed by atoms with van der Waals surface area (Å²) in [5, 5.41) is 2.05. The van der Waals surface area contributed by atoms with E-state index in [0.717, 1.165) is 24.9 Å². The Labute approximate surface area is 164 Å². The predicted octanol–water partition coefficient (Wildman–Crippen LogP) is 3.48. The molecule has 0 aliphatic carbocycles. The fraction of sp³-hybridized carbons (Fsp3) is 0.429. The molecule has 0 spiro atoms. The second-order valence-corrected chi connectivity index (χ2v) is 7.68. The van der Waals surface area contributed by atoms with E-state index in [0.29, 0.717) is 13.2 Å². The van der Waals surface area contributed by atoms with Crippen molar-refractivity contribution in [1.82, 2.24) is 9.80 Å². The Morgan fingerprint density at radius 2 is 2.00 bits per heavy atom. The topological polar surface area (TPSA) is 49.9 Å². The quantitative estimate of drug-likeness (QED) is 0.652. The van der Waals surface area contributed by atoms with Crippen LogP contribution in [0.5, 0.6) is 0 Å². The van der Waals surface area contributed by atoms with Crippen molar-refractivity contribution in [3.8, 4) is 0 Å². The van der Waals surface area contributed by atoms with Crippen molar-refractivity contribution in [2.24, 2.45) is 0 Å². The third-order valence-electron chi connectivity index (χ3n) is 4.71. The van der Waals surface area contributed by atoms with E-state index in [1.165, 1.54) is 4.88 Å². The molecule has 1 aromatic heterocycles. The minimum atomic E-state index is -0.294. The van der Waals surface area contributed by atoms with Gasteiger partial charge in [0.15, 0.2) is 0 Å². The fourth-order valence-corrected chi connectivity index (χ4v) is 4.40. The number of hydrogen-bond donors (Lipinski definition) is 0. The molecule has 3 rings (SSSR count). The van der Waals surface area contributed by atoms with Gasteiger partial charge in [-0.25, -0.2) is 0 Å². The van der Waals surface area contributed by atoms with Crippen molar-refractivity contribution in [3.05, 3.63) is 58.3 Å². The van der Waals surface area contributed by atoms with Crippen LogP contribution in [-0.2, 0) is 20.9 Å². The molecule has 2 heterocycles. The number of hydrogen-bond acceptors (Lipinski definition) is 5. The fourth-order valence-electron chi connectivity index (χ4n) is 3.52. The summed E-state index contributed by atoms with van der Waals surface area (Å²) in [6.45, 7) is 3.80. The van der Waals surface area contributed by atoms with Crippen LogP contribution in [0.2, 0.25) is 0 Å². The van der Waals surface area contributed by atoms with Crippen LogP contribution >= 0.6 is 11.3 Å². The monoisotopic (exact) mass is 386 g/mol. The average Bonchev–Trinajstić information content (AvgIpc) is 3.34. The van der Waals surface area contributed by atoms with Crippen LogP contribution in [-0.4, -0.2) is 47.9 Å². The molecule has 1 aromatic carbocycles. The van der Waals surface area contributed by atoms with Crippen molar-refractivity contribution in [2.75, 3.05) is 26.2 Å². The Morgan fingerprint density at radius 3 is 2.70 bits per heavy atom. The van der Waals surface area contributed by atoms with Gasteiger partial charge < -0.3 is 9.64 Å². The van der Waals surface area contributed by atoms with E-state index < -0.39 is 0 Å². The highest BCUT2D eigenvalue weighted by Gasteiger charge is 2.31. The molecule has 1 saturated heterocycles. The summed E-state index contributed by atoms with van der Waals surface area (Å²) in [5.41, 5.74) is 1.07. The first-order valence-corrected chi connectivity index (χ1v) is 10.3. The first-order chi connectivity index (χ1) is 13.2. The second kappa shape index (κ2) is 9.67. The van der Waals surface area contributed by atoms with Crippen molar-refractivity contribution < 1.29 is 14.3 Å². The number of amides is 1. The molecule has 1 aliphatic heterocycles. The van der Waals surface area contributed by atoms with E-state index >= 15 is 0 Å². The third-order valence-corrected chi connectivity index (χ3v) is 5.68. The maximum absolute atomic E-state index is 13.0. The molecule has 2 aromatic rings. The molecule has 144 valence electrons. The van der Waals surface area contributed by atoms with Crippen molar-refractivity contribution >= 4 is 23.2 Å². The summed E-state index contributed by atoms with van der Waals surface area (Å²) < 4.78 is 5.09. The molecule has 1 aliphatic rings. The molecule has 6 heteroatoms. The van der Waals surface area contributed by atoms with Crippen molar-refractivity contribution in [2.45, 2.75) is 32.4 Å². The van der Waals surface area contributed by atoms with Crippen LogP contribution < -0.4 is 0 Å². The molecule has 1 atom stereocenters. The maximum Gasteiger partial charge on any atom is 0.320 e. The van der Waals surface area contributed by atoms with Gasteiger partial charge in [-0.3, -0.25) is 14.5 Å². The molecule has 0 saturated carbocycles. The molecule has 1 unspecified atom stereocenters. The highest BCUT2D eigenvalue weighted by Crippen LogP contribution is 2.34. The van der Waals surface area contributed by atoms with Crippen LogP contribution in [0.25, 0.3) is 0 Å². The molecular formula is C21H26N2O3S. The second-order valence-electron chi connectivity index (χ2n) is 6.70. The zero-order valence-corrected chi connectivity index (χ0v) is 16.5. The predicted molar refractivity (Wildman–Crippen MR) is 106 cm³/mol. The minimum Gasteiger partial charge on any atom is -0.465 e. The molecule has 0 radical (unpaired) electrons. The molecule has 0 bridgehead atoms. The summed E-state index contributed by atoms with van der Waals surface area (Å²) in [6, 6.07) is 14.2. The normalized spacial score (nSPS) is 16.7. The zero-order chi connectivity index (χ0) is 19.1. The van der Waals surface area contributed by atoms with Gasteiger partial charge in [-0.05, 0) is 36.8 Å². The summed E-state index contributed by atoms with van der Waals surface area (Å²) in [6.07, 6.45) is 2.02. The molecule has 27 heavy (non-hydrogen) atoms. The Hall–Kier alpha value is -2.18. The first-order valence-electron chi connectivity index (χ1n) is 9.42. The summed E-state index contributed by atoms with van der Waals surface area (Å²) >= 11 is 1.70. The molecule has 1 amide bonds. The van der Waals surface area contributed by atoms with Gasteiger partial charge in [0.25, 0.3) is 0 Å². The van der Waals surface area contributed by atoms with Gasteiger partial charge in [-0.15, -0.1) is 11.3 Å².